The van der Waals surface area contributed by atoms with Crippen LogP contribution in [0.3, 0.4) is 0 Å². The first kappa shape index (κ1) is 12.9. The number of aromatic nitrogens is 2. The molecule has 6 heteroatoms. The summed E-state index contributed by atoms with van der Waals surface area (Å²) >= 11 is 0. The van der Waals surface area contributed by atoms with E-state index in [0.717, 1.165) is 13.0 Å². The minimum Gasteiger partial charge on any atom is -0.341 e. The SMILES string of the molecule is CCC(=O)N1CC[C@H](Nc2nc(C(C)C)no2)C1. The van der Waals surface area contributed by atoms with Gasteiger partial charge in [-0.15, -0.1) is 0 Å². The van der Waals surface area contributed by atoms with Gasteiger partial charge in [0.1, 0.15) is 0 Å². The van der Waals surface area contributed by atoms with Gasteiger partial charge in [0.2, 0.25) is 5.91 Å². The zero-order valence-corrected chi connectivity index (χ0v) is 11.1. The lowest BCUT2D eigenvalue weighted by atomic mass is 10.2. The van der Waals surface area contributed by atoms with Crippen LogP contribution >= 0.6 is 0 Å². The zero-order chi connectivity index (χ0) is 13.1. The van der Waals surface area contributed by atoms with Gasteiger partial charge in [0.25, 0.3) is 0 Å². The molecular formula is C12H20N4O2. The van der Waals surface area contributed by atoms with E-state index in [1.54, 1.807) is 0 Å². The maximum absolute atomic E-state index is 11.6. The molecule has 0 radical (unpaired) electrons. The van der Waals surface area contributed by atoms with Crippen molar-refractivity contribution < 1.29 is 9.32 Å². The van der Waals surface area contributed by atoms with Gasteiger partial charge in [0, 0.05) is 31.5 Å². The van der Waals surface area contributed by atoms with Crippen LogP contribution in [0.2, 0.25) is 0 Å². The molecule has 0 aromatic carbocycles. The van der Waals surface area contributed by atoms with Gasteiger partial charge in [-0.2, -0.15) is 4.98 Å². The molecule has 100 valence electrons. The molecule has 0 spiro atoms. The van der Waals surface area contributed by atoms with Gasteiger partial charge in [-0.05, 0) is 6.42 Å². The lowest BCUT2D eigenvalue weighted by Crippen LogP contribution is -2.30. The third-order valence-corrected chi connectivity index (χ3v) is 3.13. The molecule has 1 aromatic rings. The lowest BCUT2D eigenvalue weighted by molar-refractivity contribution is -0.129. The molecule has 0 bridgehead atoms. The first-order valence-corrected chi connectivity index (χ1v) is 6.48. The van der Waals surface area contributed by atoms with Gasteiger partial charge >= 0.3 is 6.01 Å². The average molecular weight is 252 g/mol. The van der Waals surface area contributed by atoms with Crippen LogP contribution in [-0.2, 0) is 4.79 Å². The Bertz CT molecular complexity index is 416. The Hall–Kier alpha value is -1.59. The highest BCUT2D eigenvalue weighted by molar-refractivity contribution is 5.76. The van der Waals surface area contributed by atoms with E-state index in [-0.39, 0.29) is 17.9 Å². The first-order valence-electron chi connectivity index (χ1n) is 6.48. The van der Waals surface area contributed by atoms with Crippen LogP contribution in [0.1, 0.15) is 45.4 Å². The normalized spacial score (nSPS) is 19.6. The van der Waals surface area contributed by atoms with Gasteiger partial charge < -0.3 is 14.7 Å². The molecule has 18 heavy (non-hydrogen) atoms. The van der Waals surface area contributed by atoms with Crippen molar-refractivity contribution in [3.05, 3.63) is 5.82 Å². The largest absolute Gasteiger partial charge is 0.341 e. The van der Waals surface area contributed by atoms with E-state index in [0.29, 0.717) is 24.8 Å². The highest BCUT2D eigenvalue weighted by Crippen LogP contribution is 2.17. The number of carbonyl (C=O) groups excluding carboxylic acids is 1. The average Bonchev–Trinajstić information content (AvgIpc) is 2.98. The molecule has 0 unspecified atom stereocenters. The van der Waals surface area contributed by atoms with E-state index >= 15 is 0 Å². The minimum atomic E-state index is 0.202. The Morgan fingerprint density at radius 1 is 1.61 bits per heavy atom. The summed E-state index contributed by atoms with van der Waals surface area (Å²) in [6.07, 6.45) is 1.48. The molecule has 2 rings (SSSR count). The van der Waals surface area contributed by atoms with Gasteiger partial charge in [-0.3, -0.25) is 4.79 Å². The fraction of sp³-hybridized carbons (Fsp3) is 0.750. The zero-order valence-electron chi connectivity index (χ0n) is 11.1. The Balaban J connectivity index is 1.89. The quantitative estimate of drug-likeness (QED) is 0.881. The van der Waals surface area contributed by atoms with Gasteiger partial charge in [-0.1, -0.05) is 25.9 Å². The number of carbonyl (C=O) groups is 1. The summed E-state index contributed by atoms with van der Waals surface area (Å²) in [5.74, 6) is 1.16. The second-order valence-corrected chi connectivity index (χ2v) is 4.94. The second-order valence-electron chi connectivity index (χ2n) is 4.94. The van der Waals surface area contributed by atoms with Crippen molar-refractivity contribution in [1.29, 1.82) is 0 Å². The fourth-order valence-corrected chi connectivity index (χ4v) is 2.03. The third-order valence-electron chi connectivity index (χ3n) is 3.13. The van der Waals surface area contributed by atoms with Crippen molar-refractivity contribution in [2.24, 2.45) is 0 Å². The molecule has 1 atom stereocenters. The van der Waals surface area contributed by atoms with Gasteiger partial charge in [-0.25, -0.2) is 0 Å². The first-order chi connectivity index (χ1) is 8.60. The molecular weight excluding hydrogens is 232 g/mol. The molecule has 0 aliphatic carbocycles. The van der Waals surface area contributed by atoms with Crippen LogP contribution in [0, 0.1) is 0 Å². The molecule has 0 saturated carbocycles. The Labute approximate surface area is 107 Å². The summed E-state index contributed by atoms with van der Waals surface area (Å²) in [7, 11) is 0. The van der Waals surface area contributed by atoms with Gasteiger partial charge in [0.15, 0.2) is 5.82 Å². The summed E-state index contributed by atoms with van der Waals surface area (Å²) in [4.78, 5) is 17.7. The predicted molar refractivity (Wildman–Crippen MR) is 67.3 cm³/mol. The maximum atomic E-state index is 11.6. The number of nitrogens with zero attached hydrogens (tertiary/aromatic N) is 3. The molecule has 2 heterocycles. The molecule has 1 aromatic heterocycles. The Kier molecular flexibility index (Phi) is 3.84. The van der Waals surface area contributed by atoms with Crippen LogP contribution in [-0.4, -0.2) is 40.1 Å². The van der Waals surface area contributed by atoms with E-state index in [9.17, 15) is 4.79 Å². The lowest BCUT2D eigenvalue weighted by Gasteiger charge is -2.15. The number of likely N-dealkylation sites (tertiary alicyclic amines) is 1. The van der Waals surface area contributed by atoms with E-state index in [1.165, 1.54) is 0 Å². The van der Waals surface area contributed by atoms with Crippen molar-refractivity contribution in [3.63, 3.8) is 0 Å². The highest BCUT2D eigenvalue weighted by atomic mass is 16.5. The maximum Gasteiger partial charge on any atom is 0.321 e. The number of rotatable bonds is 4. The van der Waals surface area contributed by atoms with Crippen LogP contribution < -0.4 is 5.32 Å². The summed E-state index contributed by atoms with van der Waals surface area (Å²) < 4.78 is 5.13. The van der Waals surface area contributed by atoms with Crippen molar-refractivity contribution in [2.45, 2.75) is 45.6 Å². The number of amides is 1. The second kappa shape index (κ2) is 5.37. The number of nitrogens with one attached hydrogen (secondary N) is 1. The van der Waals surface area contributed by atoms with Crippen molar-refractivity contribution in [1.82, 2.24) is 15.0 Å². The molecule has 1 fully saturated rings. The van der Waals surface area contributed by atoms with E-state index in [1.807, 2.05) is 25.7 Å². The summed E-state index contributed by atoms with van der Waals surface area (Å²) in [6.45, 7) is 7.44. The van der Waals surface area contributed by atoms with Crippen LogP contribution in [0.15, 0.2) is 4.52 Å². The van der Waals surface area contributed by atoms with Crippen molar-refractivity contribution in [3.8, 4) is 0 Å². The van der Waals surface area contributed by atoms with E-state index in [4.69, 9.17) is 4.52 Å². The molecule has 1 aliphatic rings. The van der Waals surface area contributed by atoms with E-state index in [2.05, 4.69) is 15.5 Å². The smallest absolute Gasteiger partial charge is 0.321 e. The minimum absolute atomic E-state index is 0.202. The van der Waals surface area contributed by atoms with Crippen LogP contribution in [0.5, 0.6) is 0 Å². The number of anilines is 1. The summed E-state index contributed by atoms with van der Waals surface area (Å²) in [5.41, 5.74) is 0. The topological polar surface area (TPSA) is 71.3 Å². The molecule has 1 N–H and O–H groups in total. The van der Waals surface area contributed by atoms with Gasteiger partial charge in [0.05, 0.1) is 0 Å². The van der Waals surface area contributed by atoms with Crippen molar-refractivity contribution >= 4 is 11.9 Å². The summed E-state index contributed by atoms with van der Waals surface area (Å²) in [6, 6.07) is 0.662. The molecule has 1 saturated heterocycles. The van der Waals surface area contributed by atoms with Crippen LogP contribution in [0.25, 0.3) is 0 Å². The summed E-state index contributed by atoms with van der Waals surface area (Å²) in [5, 5.41) is 7.09. The predicted octanol–water partition coefficient (Wildman–Crippen LogP) is 1.62. The Morgan fingerprint density at radius 2 is 2.39 bits per heavy atom. The van der Waals surface area contributed by atoms with E-state index < -0.39 is 0 Å². The monoisotopic (exact) mass is 252 g/mol. The number of hydrogen-bond donors (Lipinski definition) is 1. The number of hydrogen-bond acceptors (Lipinski definition) is 5. The fourth-order valence-electron chi connectivity index (χ4n) is 2.03. The molecule has 1 amide bonds. The molecule has 1 aliphatic heterocycles. The van der Waals surface area contributed by atoms with Crippen LogP contribution in [0.4, 0.5) is 6.01 Å². The highest BCUT2D eigenvalue weighted by Gasteiger charge is 2.26. The van der Waals surface area contributed by atoms with Crippen molar-refractivity contribution in [2.75, 3.05) is 18.4 Å². The standard InChI is InChI=1S/C12H20N4O2/c1-4-10(17)16-6-5-9(7-16)13-12-14-11(8(2)3)15-18-12/h8-9H,4-7H2,1-3H3,(H,13,14,15)/t9-/m0/s1. The Morgan fingerprint density at radius 3 is 3.00 bits per heavy atom. The molecule has 6 nitrogen and oxygen atoms in total. The third kappa shape index (κ3) is 2.80.